The van der Waals surface area contributed by atoms with E-state index in [1.54, 1.807) is 36.4 Å². The maximum absolute atomic E-state index is 13.7. The fourth-order valence-corrected chi connectivity index (χ4v) is 20.6. The van der Waals surface area contributed by atoms with E-state index in [9.17, 15) is 30.7 Å². The van der Waals surface area contributed by atoms with Crippen molar-refractivity contribution in [3.8, 4) is 0 Å². The molecule has 9 aromatic rings. The van der Waals surface area contributed by atoms with Crippen molar-refractivity contribution in [3.05, 3.63) is 230 Å². The number of para-hydroxylation sites is 1. The first-order valence-electron chi connectivity index (χ1n) is 55.1. The van der Waals surface area contributed by atoms with E-state index in [1.165, 1.54) is 75.3 Å². The van der Waals surface area contributed by atoms with Crippen molar-refractivity contribution < 1.29 is 30.7 Å². The second kappa shape index (κ2) is 62.1. The van der Waals surface area contributed by atoms with E-state index in [2.05, 4.69) is 325 Å². The molecule has 6 aromatic heterocycles. The standard InChI is InChI=1S/2C15H23FN2.C13H19F2N3.C13H20FN3.C13H21N3.C13H20N2.C12H18FN3.C12H19N3.C11H17FN4/c2*1-12(2)10-17-8-9-18(11-13(17)3)15-6-4-14(16)5-7-15;1-9(2)18-5-4-17(8-10(18)3)13-12(15)6-11(14)7-16-13;1-10(2)17-7-6-16(9-11(17)3)13-5-4-12(14)8-15-13;1-12(2)11-15-7-9-16(10-8-15)13-5-3-4-6-14-13;1-12(2)14-8-10-15(11-9-14)13-6-4-3-5-7-13;1-10(2)15-5-7-16(8-6-15)12-4-3-11(13)9-14-12;1-11(2)14-7-9-15(10-8-14)12-5-3-4-6-13-12;1-9(2)15-3-5-16(6-4-15)11-13-7-10(12)8-14-11/h2*4-7,12-13H,8-11H2,1-3H3;6-7,9-10H,4-5,8H2,1-3H3;4-5,8,10-11H,6-7,9H2,1-3H3;3-6,12H,7-11H2,1-2H3;3-7,12H,8-11H2,1-2H3;3-4,9-10H,5-8H2,1-2H3;3-6,11H,7-10H2,1-2H3;7-9H,3-6H2,1-2H3/t2*13-;10-;11-;;;;;/m1111...../s1. The molecule has 0 bridgehead atoms. The van der Waals surface area contributed by atoms with Crippen LogP contribution in [0.4, 0.5) is 82.8 Å². The second-order valence-electron chi connectivity index (χ2n) is 43.8. The Morgan fingerprint density at radius 2 is 0.557 bits per heavy atom. The Labute approximate surface area is 890 Å². The van der Waals surface area contributed by atoms with Crippen molar-refractivity contribution in [2.24, 2.45) is 17.8 Å². The molecule has 15 heterocycles. The lowest BCUT2D eigenvalue weighted by Gasteiger charge is -2.42. The number of hydrogen-bond donors (Lipinski definition) is 0. The molecule has 9 aliphatic heterocycles. The summed E-state index contributed by atoms with van der Waals surface area (Å²) in [7, 11) is 0. The van der Waals surface area contributed by atoms with Crippen LogP contribution in [0.2, 0.25) is 0 Å². The smallest absolute Gasteiger partial charge is 0.225 e. The summed E-state index contributed by atoms with van der Waals surface area (Å²) >= 11 is 0. The molecular weight excluding hydrogens is 1890 g/mol. The molecule has 149 heavy (non-hydrogen) atoms. The third kappa shape index (κ3) is 40.4. The summed E-state index contributed by atoms with van der Waals surface area (Å²) in [4.78, 5) is 71.6. The van der Waals surface area contributed by atoms with Crippen molar-refractivity contribution in [1.29, 1.82) is 0 Å². The van der Waals surface area contributed by atoms with Gasteiger partial charge in [-0.05, 0) is 238 Å². The Morgan fingerprint density at radius 1 is 0.242 bits per heavy atom. The number of piperazine rings is 9. The van der Waals surface area contributed by atoms with Crippen molar-refractivity contribution >= 4 is 52.1 Å². The van der Waals surface area contributed by atoms with Gasteiger partial charge in [-0.1, -0.05) is 71.9 Å². The second-order valence-corrected chi connectivity index (χ2v) is 43.8. The van der Waals surface area contributed by atoms with Gasteiger partial charge in [0.1, 0.15) is 52.4 Å². The molecular formula is C117H180F7N25. The molecule has 9 aliphatic rings. The number of aromatic nitrogens is 7. The lowest BCUT2D eigenvalue weighted by molar-refractivity contribution is 0.147. The molecule has 0 spiro atoms. The van der Waals surface area contributed by atoms with E-state index < -0.39 is 11.6 Å². The summed E-state index contributed by atoms with van der Waals surface area (Å²) < 4.78 is 90.5. The molecule has 32 heteroatoms. The SMILES string of the molecule is CC(C)CN1CCN(c2ccc(F)cc2)C[C@H]1C.CC(C)CN1CCN(c2ccc(F)cc2)C[C@H]1C.CC(C)CN1CCN(c2ccccn2)CC1.CC(C)N1CCN(c2ccc(F)cn2)CC1.CC(C)N1CCN(c2ccc(F)cn2)C[C@H]1C.CC(C)N1CCN(c2ccccc2)CC1.CC(C)N1CCN(c2ccccn2)CC1.CC(C)N1CCN(c2ncc(F)cc2F)C[C@H]1C.CC(C)N1CCN(c2ncc(F)cn2)CC1. The summed E-state index contributed by atoms with van der Waals surface area (Å²) in [5.41, 5.74) is 3.63. The van der Waals surface area contributed by atoms with Crippen molar-refractivity contribution in [1.82, 2.24) is 79.0 Å². The molecule has 4 atom stereocenters. The molecule has 25 nitrogen and oxygen atoms in total. The van der Waals surface area contributed by atoms with Crippen molar-refractivity contribution in [2.75, 3.05) is 273 Å². The number of nitrogens with zero attached hydrogens (tertiary/aromatic N) is 25. The van der Waals surface area contributed by atoms with Crippen LogP contribution in [0.15, 0.2) is 189 Å². The summed E-state index contributed by atoms with van der Waals surface area (Å²) in [5.74, 6) is 4.59. The van der Waals surface area contributed by atoms with E-state index in [-0.39, 0.29) is 34.9 Å². The molecule has 0 unspecified atom stereocenters. The van der Waals surface area contributed by atoms with E-state index in [0.717, 1.165) is 243 Å². The maximum Gasteiger partial charge on any atom is 0.225 e. The molecule has 822 valence electrons. The van der Waals surface area contributed by atoms with E-state index in [4.69, 9.17) is 0 Å². The van der Waals surface area contributed by atoms with Crippen LogP contribution in [0.5, 0.6) is 0 Å². The highest BCUT2D eigenvalue weighted by Gasteiger charge is 2.33. The van der Waals surface area contributed by atoms with Crippen molar-refractivity contribution in [2.45, 2.75) is 213 Å². The summed E-state index contributed by atoms with van der Waals surface area (Å²) in [5, 5.41) is 0. The predicted molar refractivity (Wildman–Crippen MR) is 605 cm³/mol. The van der Waals surface area contributed by atoms with Crippen molar-refractivity contribution in [3.63, 3.8) is 0 Å². The highest BCUT2D eigenvalue weighted by molar-refractivity contribution is 5.50. The number of hydrogen-bond acceptors (Lipinski definition) is 25. The molecule has 3 aromatic carbocycles. The van der Waals surface area contributed by atoms with Crippen LogP contribution in [0.25, 0.3) is 0 Å². The number of benzene rings is 3. The van der Waals surface area contributed by atoms with Crippen LogP contribution in [-0.4, -0.2) is 368 Å². The van der Waals surface area contributed by atoms with Crippen LogP contribution < -0.4 is 44.1 Å². The lowest BCUT2D eigenvalue weighted by Crippen LogP contribution is -2.54. The van der Waals surface area contributed by atoms with E-state index >= 15 is 0 Å². The topological polar surface area (TPSA) is 149 Å². The van der Waals surface area contributed by atoms with Gasteiger partial charge in [0.25, 0.3) is 0 Å². The average molecular weight is 2070 g/mol. The first kappa shape index (κ1) is 121. The summed E-state index contributed by atoms with van der Waals surface area (Å²) in [6.45, 7) is 85.9. The fraction of sp³-hybridized carbons (Fsp3) is 0.598. The van der Waals surface area contributed by atoms with Gasteiger partial charge >= 0.3 is 0 Å². The third-order valence-corrected chi connectivity index (χ3v) is 29.1. The van der Waals surface area contributed by atoms with Crippen LogP contribution in [0.3, 0.4) is 0 Å². The lowest BCUT2D eigenvalue weighted by atomic mass is 10.1. The van der Waals surface area contributed by atoms with Crippen LogP contribution in [-0.2, 0) is 0 Å². The Bertz CT molecular complexity index is 4880. The molecule has 0 aliphatic carbocycles. The molecule has 18 rings (SSSR count). The highest BCUT2D eigenvalue weighted by atomic mass is 19.2. The maximum atomic E-state index is 13.7. The number of anilines is 9. The van der Waals surface area contributed by atoms with Gasteiger partial charge < -0.3 is 44.1 Å². The monoisotopic (exact) mass is 2070 g/mol. The Hall–Kier alpha value is -10.2. The molecule has 0 amide bonds. The number of pyridine rings is 5. The zero-order chi connectivity index (χ0) is 108. The van der Waals surface area contributed by atoms with Gasteiger partial charge in [0.05, 0.1) is 31.0 Å². The molecule has 0 radical (unpaired) electrons. The van der Waals surface area contributed by atoms with Crippen LogP contribution in [0, 0.1) is 58.5 Å². The quantitative estimate of drug-likeness (QED) is 0.0627. The zero-order valence-corrected chi connectivity index (χ0v) is 94.0. The first-order valence-corrected chi connectivity index (χ1v) is 55.1. The van der Waals surface area contributed by atoms with Gasteiger partial charge in [-0.25, -0.2) is 65.6 Å². The normalized spacial score (nSPS) is 19.9. The Morgan fingerprint density at radius 3 is 0.906 bits per heavy atom. The number of halogens is 7. The minimum Gasteiger partial charge on any atom is -0.369 e. The van der Waals surface area contributed by atoms with Gasteiger partial charge in [0, 0.05) is 325 Å². The molecule has 9 saturated heterocycles. The Balaban J connectivity index is 0.000000171. The number of rotatable bonds is 21. The van der Waals surface area contributed by atoms with E-state index in [1.807, 2.05) is 53.7 Å². The summed E-state index contributed by atoms with van der Waals surface area (Å²) in [6, 6.07) is 49.5. The van der Waals surface area contributed by atoms with Gasteiger partial charge in [0.2, 0.25) is 5.95 Å². The summed E-state index contributed by atoms with van der Waals surface area (Å²) in [6.07, 6.45) is 9.81. The highest BCUT2D eigenvalue weighted by Crippen LogP contribution is 2.29. The van der Waals surface area contributed by atoms with E-state index in [0.29, 0.717) is 84.7 Å². The Kier molecular flexibility index (Phi) is 50.3. The van der Waals surface area contributed by atoms with Gasteiger partial charge in [-0.2, -0.15) is 0 Å². The predicted octanol–water partition coefficient (Wildman–Crippen LogP) is 19.0. The molecule has 0 N–H and O–H groups in total. The zero-order valence-electron chi connectivity index (χ0n) is 94.0. The minimum atomic E-state index is -0.634. The van der Waals surface area contributed by atoms with Crippen LogP contribution >= 0.6 is 0 Å². The van der Waals surface area contributed by atoms with Gasteiger partial charge in [-0.3, -0.25) is 44.1 Å². The minimum absolute atomic E-state index is 0.162. The molecule has 9 fully saturated rings. The first-order chi connectivity index (χ1) is 71.3. The van der Waals surface area contributed by atoms with Gasteiger partial charge in [0.15, 0.2) is 17.5 Å². The largest absolute Gasteiger partial charge is 0.369 e. The van der Waals surface area contributed by atoms with Crippen LogP contribution in [0.1, 0.15) is 152 Å². The molecule has 0 saturated carbocycles. The fourth-order valence-electron chi connectivity index (χ4n) is 20.6. The third-order valence-electron chi connectivity index (χ3n) is 29.1. The van der Waals surface area contributed by atoms with Gasteiger partial charge in [-0.15, -0.1) is 0 Å². The average Bonchev–Trinajstić information content (AvgIpc) is 0.844.